The Morgan fingerprint density at radius 3 is 2.75 bits per heavy atom. The van der Waals surface area contributed by atoms with Crippen LogP contribution in [0, 0.1) is 6.92 Å². The summed E-state index contributed by atoms with van der Waals surface area (Å²) in [5.74, 6) is 0. The van der Waals surface area contributed by atoms with Crippen molar-refractivity contribution in [3.05, 3.63) is 16.4 Å². The Bertz CT molecular complexity index is 376. The third kappa shape index (κ3) is 3.39. The molecule has 0 saturated carbocycles. The molecule has 6 nitrogen and oxygen atoms in total. The topological polar surface area (TPSA) is 85.0 Å². The first-order valence-electron chi connectivity index (χ1n) is 4.94. The minimum atomic E-state index is -0.517. The fraction of sp³-hybridized carbons (Fsp3) is 0.556. The van der Waals surface area contributed by atoms with Crippen LogP contribution in [0.2, 0.25) is 5.02 Å². The van der Waals surface area contributed by atoms with Gasteiger partial charge in [-0.25, -0.2) is 4.79 Å². The van der Waals surface area contributed by atoms with Crippen molar-refractivity contribution in [2.24, 2.45) is 12.8 Å². The number of rotatable bonds is 5. The van der Waals surface area contributed by atoms with E-state index >= 15 is 0 Å². The van der Waals surface area contributed by atoms with E-state index in [0.717, 1.165) is 11.4 Å². The smallest absolute Gasteiger partial charge is 0.312 e. The molecule has 1 aromatic heterocycles. The summed E-state index contributed by atoms with van der Waals surface area (Å²) in [7, 11) is 1.84. The van der Waals surface area contributed by atoms with Crippen LogP contribution in [0.3, 0.4) is 0 Å². The van der Waals surface area contributed by atoms with E-state index in [2.05, 4.69) is 15.7 Å². The molecule has 1 heterocycles. The number of aryl methyl sites for hydroxylation is 2. The third-order valence-electron chi connectivity index (χ3n) is 2.16. The van der Waals surface area contributed by atoms with Crippen molar-refractivity contribution < 1.29 is 4.79 Å². The van der Waals surface area contributed by atoms with E-state index in [4.69, 9.17) is 17.3 Å². The van der Waals surface area contributed by atoms with Crippen molar-refractivity contribution in [1.82, 2.24) is 20.4 Å². The summed E-state index contributed by atoms with van der Waals surface area (Å²) in [6, 6.07) is -0.517. The molecule has 1 aromatic rings. The number of amides is 2. The van der Waals surface area contributed by atoms with Gasteiger partial charge in [-0.2, -0.15) is 5.10 Å². The first-order chi connectivity index (χ1) is 7.52. The molecular weight excluding hydrogens is 230 g/mol. The quantitative estimate of drug-likeness (QED) is 0.645. The lowest BCUT2D eigenvalue weighted by Crippen LogP contribution is -2.35. The summed E-state index contributed by atoms with van der Waals surface area (Å²) in [5.41, 5.74) is 6.67. The second kappa shape index (κ2) is 5.72. The number of nitrogens with two attached hydrogens (primary N) is 1. The standard InChI is InChI=1S/C9H16ClN5O/c1-6-8(10)7(15(2)14-6)5-12-3-4-13-9(11)16/h12H,3-5H2,1-2H3,(H3,11,13,16). The number of halogens is 1. The molecule has 7 heteroatoms. The molecule has 0 atom stereocenters. The Kier molecular flexibility index (Phi) is 4.57. The lowest BCUT2D eigenvalue weighted by molar-refractivity contribution is 0.249. The van der Waals surface area contributed by atoms with Crippen molar-refractivity contribution in [1.29, 1.82) is 0 Å². The van der Waals surface area contributed by atoms with Crippen molar-refractivity contribution in [3.8, 4) is 0 Å². The highest BCUT2D eigenvalue weighted by Crippen LogP contribution is 2.18. The van der Waals surface area contributed by atoms with Crippen molar-refractivity contribution in [2.45, 2.75) is 13.5 Å². The maximum absolute atomic E-state index is 10.4. The number of hydrogen-bond acceptors (Lipinski definition) is 3. The summed E-state index contributed by atoms with van der Waals surface area (Å²) < 4.78 is 1.74. The van der Waals surface area contributed by atoms with Crippen LogP contribution in [-0.2, 0) is 13.6 Å². The molecule has 0 aliphatic rings. The molecule has 0 aromatic carbocycles. The maximum atomic E-state index is 10.4. The summed E-state index contributed by atoms with van der Waals surface area (Å²) >= 11 is 6.06. The van der Waals surface area contributed by atoms with Crippen LogP contribution >= 0.6 is 11.6 Å². The monoisotopic (exact) mass is 245 g/mol. The van der Waals surface area contributed by atoms with Crippen LogP contribution in [0.4, 0.5) is 4.79 Å². The van der Waals surface area contributed by atoms with Crippen LogP contribution < -0.4 is 16.4 Å². The normalized spacial score (nSPS) is 10.4. The minimum absolute atomic E-state index is 0.490. The zero-order chi connectivity index (χ0) is 12.1. The largest absolute Gasteiger partial charge is 0.352 e. The Balaban J connectivity index is 2.34. The van der Waals surface area contributed by atoms with E-state index in [1.807, 2.05) is 14.0 Å². The highest BCUT2D eigenvalue weighted by molar-refractivity contribution is 6.31. The van der Waals surface area contributed by atoms with Gasteiger partial charge in [-0.05, 0) is 6.92 Å². The van der Waals surface area contributed by atoms with Crippen LogP contribution in [-0.4, -0.2) is 28.9 Å². The molecule has 0 saturated heterocycles. The summed E-state index contributed by atoms with van der Waals surface area (Å²) in [4.78, 5) is 10.4. The molecule has 2 amide bonds. The molecular formula is C9H16ClN5O. The molecule has 0 fully saturated rings. The van der Waals surface area contributed by atoms with Gasteiger partial charge < -0.3 is 16.4 Å². The second-order valence-corrected chi connectivity index (χ2v) is 3.82. The van der Waals surface area contributed by atoms with E-state index in [-0.39, 0.29) is 0 Å². The number of nitrogens with one attached hydrogen (secondary N) is 2. The van der Waals surface area contributed by atoms with Gasteiger partial charge in [0.1, 0.15) is 0 Å². The van der Waals surface area contributed by atoms with E-state index in [1.54, 1.807) is 4.68 Å². The van der Waals surface area contributed by atoms with Gasteiger partial charge in [0.25, 0.3) is 0 Å². The second-order valence-electron chi connectivity index (χ2n) is 3.44. The Labute approximate surface area is 99.1 Å². The molecule has 16 heavy (non-hydrogen) atoms. The van der Waals surface area contributed by atoms with E-state index in [0.29, 0.717) is 24.7 Å². The lowest BCUT2D eigenvalue weighted by atomic mass is 10.3. The van der Waals surface area contributed by atoms with Crippen LogP contribution in [0.25, 0.3) is 0 Å². The Hall–Kier alpha value is -1.27. The fourth-order valence-electron chi connectivity index (χ4n) is 1.35. The third-order valence-corrected chi connectivity index (χ3v) is 2.65. The minimum Gasteiger partial charge on any atom is -0.352 e. The van der Waals surface area contributed by atoms with Gasteiger partial charge in [-0.1, -0.05) is 11.6 Å². The molecule has 0 aliphatic heterocycles. The Morgan fingerprint density at radius 1 is 1.56 bits per heavy atom. The van der Waals surface area contributed by atoms with Crippen molar-refractivity contribution in [2.75, 3.05) is 13.1 Å². The number of nitrogens with zero attached hydrogens (tertiary/aromatic N) is 2. The highest BCUT2D eigenvalue weighted by Gasteiger charge is 2.09. The zero-order valence-corrected chi connectivity index (χ0v) is 10.1. The molecule has 90 valence electrons. The van der Waals surface area contributed by atoms with Gasteiger partial charge in [-0.15, -0.1) is 0 Å². The number of carbonyl (C=O) groups is 1. The molecule has 0 spiro atoms. The summed E-state index contributed by atoms with van der Waals surface area (Å²) in [6.07, 6.45) is 0. The van der Waals surface area contributed by atoms with Gasteiger partial charge >= 0.3 is 6.03 Å². The summed E-state index contributed by atoms with van der Waals surface area (Å²) in [5, 5.41) is 10.5. The summed E-state index contributed by atoms with van der Waals surface area (Å²) in [6.45, 7) is 3.59. The van der Waals surface area contributed by atoms with Gasteiger partial charge in [0.2, 0.25) is 0 Å². The van der Waals surface area contributed by atoms with Crippen LogP contribution in [0.15, 0.2) is 0 Å². The molecule has 0 bridgehead atoms. The Morgan fingerprint density at radius 2 is 2.25 bits per heavy atom. The first kappa shape index (κ1) is 12.8. The fourth-order valence-corrected chi connectivity index (χ4v) is 1.58. The lowest BCUT2D eigenvalue weighted by Gasteiger charge is -2.06. The van der Waals surface area contributed by atoms with Crippen molar-refractivity contribution >= 4 is 17.6 Å². The predicted molar refractivity (Wildman–Crippen MR) is 62.2 cm³/mol. The van der Waals surface area contributed by atoms with Crippen LogP contribution in [0.5, 0.6) is 0 Å². The van der Waals surface area contributed by atoms with Gasteiger partial charge in [0.15, 0.2) is 0 Å². The highest BCUT2D eigenvalue weighted by atomic mass is 35.5. The van der Waals surface area contributed by atoms with Crippen LogP contribution in [0.1, 0.15) is 11.4 Å². The maximum Gasteiger partial charge on any atom is 0.312 e. The molecule has 4 N–H and O–H groups in total. The SMILES string of the molecule is Cc1nn(C)c(CNCCNC(N)=O)c1Cl. The van der Waals surface area contributed by atoms with E-state index in [9.17, 15) is 4.79 Å². The number of aromatic nitrogens is 2. The average molecular weight is 246 g/mol. The first-order valence-corrected chi connectivity index (χ1v) is 5.32. The van der Waals surface area contributed by atoms with Gasteiger partial charge in [-0.3, -0.25) is 4.68 Å². The number of hydrogen-bond donors (Lipinski definition) is 3. The number of carbonyl (C=O) groups excluding carboxylic acids is 1. The molecule has 0 radical (unpaired) electrons. The van der Waals surface area contributed by atoms with E-state index < -0.39 is 6.03 Å². The predicted octanol–water partition coefficient (Wildman–Crippen LogP) is 0.140. The van der Waals surface area contributed by atoms with Gasteiger partial charge in [0.05, 0.1) is 16.4 Å². The van der Waals surface area contributed by atoms with Gasteiger partial charge in [0, 0.05) is 26.7 Å². The number of primary amides is 1. The molecule has 0 aliphatic carbocycles. The zero-order valence-electron chi connectivity index (χ0n) is 9.38. The molecule has 1 rings (SSSR count). The number of urea groups is 1. The molecule has 0 unspecified atom stereocenters. The van der Waals surface area contributed by atoms with E-state index in [1.165, 1.54) is 0 Å². The average Bonchev–Trinajstić information content (AvgIpc) is 2.43. The van der Waals surface area contributed by atoms with Crippen molar-refractivity contribution in [3.63, 3.8) is 0 Å².